The highest BCUT2D eigenvalue weighted by molar-refractivity contribution is 5.66. The van der Waals surface area contributed by atoms with Crippen molar-refractivity contribution in [2.24, 2.45) is 23.7 Å². The van der Waals surface area contributed by atoms with E-state index in [0.29, 0.717) is 30.6 Å². The van der Waals surface area contributed by atoms with Gasteiger partial charge in [0.1, 0.15) is 0 Å². The lowest BCUT2D eigenvalue weighted by Crippen LogP contribution is -2.30. The SMILES string of the molecule is CCCCC/C=C/C1C(CCCCC)C=CC(CCCCCCCCC(=O)O)C1CCCCCCCCC(=O)O. The molecule has 0 amide bonds. The summed E-state index contributed by atoms with van der Waals surface area (Å²) in [5, 5.41) is 17.7. The molecule has 0 aromatic rings. The van der Waals surface area contributed by atoms with Gasteiger partial charge >= 0.3 is 11.9 Å². The molecule has 0 aliphatic heterocycles. The Morgan fingerprint density at radius 1 is 0.575 bits per heavy atom. The molecule has 0 fully saturated rings. The normalized spacial score (nSPS) is 20.9. The van der Waals surface area contributed by atoms with Gasteiger partial charge < -0.3 is 10.2 Å². The molecule has 0 saturated carbocycles. The van der Waals surface area contributed by atoms with Crippen LogP contribution in [0.25, 0.3) is 0 Å². The zero-order valence-electron chi connectivity index (χ0n) is 26.3. The van der Waals surface area contributed by atoms with Crippen molar-refractivity contribution in [3.63, 3.8) is 0 Å². The van der Waals surface area contributed by atoms with Gasteiger partial charge in [-0.05, 0) is 68.6 Å². The van der Waals surface area contributed by atoms with Gasteiger partial charge in [0.2, 0.25) is 0 Å². The number of unbranched alkanes of at least 4 members (excludes halogenated alkanes) is 15. The van der Waals surface area contributed by atoms with E-state index in [-0.39, 0.29) is 0 Å². The van der Waals surface area contributed by atoms with Crippen molar-refractivity contribution in [3.05, 3.63) is 24.3 Å². The summed E-state index contributed by atoms with van der Waals surface area (Å²) in [6, 6.07) is 0. The molecule has 2 N–H and O–H groups in total. The Kier molecular flexibility index (Phi) is 22.9. The summed E-state index contributed by atoms with van der Waals surface area (Å²) in [7, 11) is 0. The van der Waals surface area contributed by atoms with Crippen LogP contribution in [0.5, 0.6) is 0 Å². The number of hydrogen-bond acceptors (Lipinski definition) is 2. The number of rotatable bonds is 27. The minimum absolute atomic E-state index is 0.309. The summed E-state index contributed by atoms with van der Waals surface area (Å²) >= 11 is 0. The first-order chi connectivity index (χ1) is 19.5. The highest BCUT2D eigenvalue weighted by Gasteiger charge is 2.33. The molecule has 232 valence electrons. The van der Waals surface area contributed by atoms with Crippen LogP contribution >= 0.6 is 0 Å². The zero-order valence-corrected chi connectivity index (χ0v) is 26.3. The second-order valence-corrected chi connectivity index (χ2v) is 12.5. The minimum Gasteiger partial charge on any atom is -0.481 e. The third kappa shape index (κ3) is 18.7. The first-order valence-electron chi connectivity index (χ1n) is 17.3. The predicted molar refractivity (Wildman–Crippen MR) is 170 cm³/mol. The molecular weight excluding hydrogens is 496 g/mol. The van der Waals surface area contributed by atoms with Crippen LogP contribution in [-0.2, 0) is 9.59 Å². The molecule has 0 saturated heterocycles. The van der Waals surface area contributed by atoms with E-state index in [9.17, 15) is 9.59 Å². The van der Waals surface area contributed by atoms with Crippen LogP contribution in [0, 0.1) is 23.7 Å². The van der Waals surface area contributed by atoms with Gasteiger partial charge in [-0.25, -0.2) is 0 Å². The van der Waals surface area contributed by atoms with Crippen LogP contribution in [-0.4, -0.2) is 22.2 Å². The monoisotopic (exact) mass is 560 g/mol. The molecule has 4 nitrogen and oxygen atoms in total. The lowest BCUT2D eigenvalue weighted by molar-refractivity contribution is -0.138. The molecule has 40 heavy (non-hydrogen) atoms. The van der Waals surface area contributed by atoms with Crippen molar-refractivity contribution in [2.45, 2.75) is 168 Å². The number of carboxylic acid groups (broad SMARTS) is 2. The Morgan fingerprint density at radius 3 is 1.60 bits per heavy atom. The zero-order chi connectivity index (χ0) is 29.3. The number of allylic oxidation sites excluding steroid dienone is 4. The summed E-state index contributed by atoms with van der Waals surface area (Å²) in [6.45, 7) is 4.58. The molecule has 1 aliphatic carbocycles. The largest absolute Gasteiger partial charge is 0.481 e. The smallest absolute Gasteiger partial charge is 0.303 e. The number of carbonyl (C=O) groups is 2. The van der Waals surface area contributed by atoms with Crippen LogP contribution < -0.4 is 0 Å². The van der Waals surface area contributed by atoms with E-state index >= 15 is 0 Å². The van der Waals surface area contributed by atoms with Crippen molar-refractivity contribution < 1.29 is 19.8 Å². The fourth-order valence-electron chi connectivity index (χ4n) is 6.57. The van der Waals surface area contributed by atoms with E-state index in [1.807, 2.05) is 0 Å². The molecule has 0 bridgehead atoms. The molecular formula is C36H64O4. The fraction of sp³-hybridized carbons (Fsp3) is 0.833. The Hall–Kier alpha value is -1.58. The standard InChI is InChI=1S/C36H64O4/c1-3-5-7-12-19-25-33-31(23-17-6-4-2)29-30-32(24-18-13-8-10-15-21-27-35(37)38)34(33)26-20-14-9-11-16-22-28-36(39)40/h19,25,29-34H,3-18,20-24,26-28H2,1-2H3,(H,37,38)(H,39,40)/b25-19+. The van der Waals surface area contributed by atoms with Crippen LogP contribution in [0.4, 0.5) is 0 Å². The van der Waals surface area contributed by atoms with Gasteiger partial charge in [0.25, 0.3) is 0 Å². The van der Waals surface area contributed by atoms with Crippen molar-refractivity contribution in [3.8, 4) is 0 Å². The van der Waals surface area contributed by atoms with Gasteiger partial charge in [-0.3, -0.25) is 9.59 Å². The molecule has 1 aliphatic rings. The number of hydrogen-bond donors (Lipinski definition) is 2. The molecule has 4 unspecified atom stereocenters. The Bertz CT molecular complexity index is 682. The average Bonchev–Trinajstić information content (AvgIpc) is 2.92. The fourth-order valence-corrected chi connectivity index (χ4v) is 6.57. The molecule has 1 rings (SSSR count). The second-order valence-electron chi connectivity index (χ2n) is 12.5. The maximum atomic E-state index is 10.8. The third-order valence-corrected chi connectivity index (χ3v) is 8.97. The summed E-state index contributed by atoms with van der Waals surface area (Å²) in [6.07, 6.45) is 37.5. The number of aliphatic carboxylic acids is 2. The maximum Gasteiger partial charge on any atom is 0.303 e. The van der Waals surface area contributed by atoms with Crippen LogP contribution in [0.2, 0.25) is 0 Å². The van der Waals surface area contributed by atoms with Crippen molar-refractivity contribution in [1.82, 2.24) is 0 Å². The molecule has 4 atom stereocenters. The third-order valence-electron chi connectivity index (χ3n) is 8.97. The van der Waals surface area contributed by atoms with Gasteiger partial charge in [0.15, 0.2) is 0 Å². The first kappa shape index (κ1) is 36.4. The average molecular weight is 561 g/mol. The lowest BCUT2D eigenvalue weighted by atomic mass is 9.66. The summed E-state index contributed by atoms with van der Waals surface area (Å²) in [5.74, 6) is 1.42. The first-order valence-corrected chi connectivity index (χ1v) is 17.3. The summed E-state index contributed by atoms with van der Waals surface area (Å²) in [4.78, 5) is 21.5. The van der Waals surface area contributed by atoms with E-state index < -0.39 is 11.9 Å². The van der Waals surface area contributed by atoms with E-state index in [4.69, 9.17) is 10.2 Å². The van der Waals surface area contributed by atoms with Gasteiger partial charge in [-0.15, -0.1) is 0 Å². The number of carboxylic acids is 2. The highest BCUT2D eigenvalue weighted by atomic mass is 16.4. The second kappa shape index (κ2) is 25.2. The van der Waals surface area contributed by atoms with Crippen LogP contribution in [0.1, 0.15) is 168 Å². The minimum atomic E-state index is -0.671. The van der Waals surface area contributed by atoms with Crippen LogP contribution in [0.15, 0.2) is 24.3 Å². The quantitative estimate of drug-likeness (QED) is 0.0774. The molecule has 0 spiro atoms. The molecule has 4 heteroatoms. The predicted octanol–water partition coefficient (Wildman–Crippen LogP) is 11.1. The Morgan fingerprint density at radius 2 is 1.02 bits per heavy atom. The molecule has 0 aromatic carbocycles. The molecule has 0 heterocycles. The maximum absolute atomic E-state index is 10.8. The van der Waals surface area contributed by atoms with E-state index in [1.54, 1.807) is 0 Å². The van der Waals surface area contributed by atoms with Crippen molar-refractivity contribution in [2.75, 3.05) is 0 Å². The summed E-state index contributed by atoms with van der Waals surface area (Å²) < 4.78 is 0. The molecule has 0 aromatic heterocycles. The summed E-state index contributed by atoms with van der Waals surface area (Å²) in [5.41, 5.74) is 0. The van der Waals surface area contributed by atoms with Crippen molar-refractivity contribution >= 4 is 11.9 Å². The van der Waals surface area contributed by atoms with Crippen LogP contribution in [0.3, 0.4) is 0 Å². The Labute approximate surface area is 247 Å². The van der Waals surface area contributed by atoms with E-state index in [1.165, 1.54) is 103 Å². The Balaban J connectivity index is 2.71. The van der Waals surface area contributed by atoms with Gasteiger partial charge in [0, 0.05) is 12.8 Å². The van der Waals surface area contributed by atoms with Gasteiger partial charge in [-0.2, -0.15) is 0 Å². The van der Waals surface area contributed by atoms with Gasteiger partial charge in [0.05, 0.1) is 0 Å². The van der Waals surface area contributed by atoms with Crippen molar-refractivity contribution in [1.29, 1.82) is 0 Å². The highest BCUT2D eigenvalue weighted by Crippen LogP contribution is 2.43. The lowest BCUT2D eigenvalue weighted by Gasteiger charge is -2.39. The van der Waals surface area contributed by atoms with E-state index in [0.717, 1.165) is 44.4 Å². The molecule has 0 radical (unpaired) electrons. The topological polar surface area (TPSA) is 74.6 Å². The van der Waals surface area contributed by atoms with E-state index in [2.05, 4.69) is 38.2 Å². The van der Waals surface area contributed by atoms with Gasteiger partial charge in [-0.1, -0.05) is 134 Å².